The van der Waals surface area contributed by atoms with Gasteiger partial charge in [-0.15, -0.1) is 11.3 Å². The summed E-state index contributed by atoms with van der Waals surface area (Å²) in [6.07, 6.45) is 0.736. The van der Waals surface area contributed by atoms with Gasteiger partial charge in [0.2, 0.25) is 0 Å². The zero-order valence-electron chi connectivity index (χ0n) is 13.1. The molecule has 1 N–H and O–H groups in total. The average molecular weight is 316 g/mol. The molecule has 116 valence electrons. The number of amides is 1. The number of hydrogen-bond acceptors (Lipinski definition) is 4. The van der Waals surface area contributed by atoms with Crippen LogP contribution in [0.25, 0.3) is 0 Å². The highest BCUT2D eigenvalue weighted by Crippen LogP contribution is 2.17. The first kappa shape index (κ1) is 16.2. The highest BCUT2D eigenvalue weighted by atomic mass is 32.1. The Hall–Kier alpha value is -2.14. The molecule has 1 aromatic heterocycles. The minimum Gasteiger partial charge on any atom is -0.378 e. The van der Waals surface area contributed by atoms with E-state index < -0.39 is 0 Å². The fourth-order valence-corrected chi connectivity index (χ4v) is 2.92. The van der Waals surface area contributed by atoms with E-state index in [-0.39, 0.29) is 11.7 Å². The molecule has 0 saturated carbocycles. The van der Waals surface area contributed by atoms with E-state index in [9.17, 15) is 9.59 Å². The predicted molar refractivity (Wildman–Crippen MR) is 91.1 cm³/mol. The summed E-state index contributed by atoms with van der Waals surface area (Å²) in [6, 6.07) is 11.3. The summed E-state index contributed by atoms with van der Waals surface area (Å²) in [7, 11) is 3.93. The highest BCUT2D eigenvalue weighted by molar-refractivity contribution is 7.14. The maximum Gasteiger partial charge on any atom is 0.251 e. The van der Waals surface area contributed by atoms with Crippen molar-refractivity contribution in [3.05, 3.63) is 51.7 Å². The molecule has 0 unspecified atom stereocenters. The molecule has 2 rings (SSSR count). The Morgan fingerprint density at radius 2 is 1.77 bits per heavy atom. The second-order valence-electron chi connectivity index (χ2n) is 5.27. The Labute approximate surface area is 134 Å². The van der Waals surface area contributed by atoms with Crippen LogP contribution in [0, 0.1) is 0 Å². The zero-order valence-corrected chi connectivity index (χ0v) is 13.9. The Morgan fingerprint density at radius 1 is 1.09 bits per heavy atom. The van der Waals surface area contributed by atoms with Crippen molar-refractivity contribution < 1.29 is 9.59 Å². The van der Waals surface area contributed by atoms with Crippen LogP contribution in [0.1, 0.15) is 31.8 Å². The first-order valence-corrected chi connectivity index (χ1v) is 7.94. The van der Waals surface area contributed by atoms with Gasteiger partial charge in [-0.1, -0.05) is 0 Å². The number of hydrogen-bond donors (Lipinski definition) is 1. The van der Waals surface area contributed by atoms with E-state index in [1.165, 1.54) is 11.3 Å². The van der Waals surface area contributed by atoms with Crippen molar-refractivity contribution in [3.63, 3.8) is 0 Å². The maximum atomic E-state index is 12.1. The van der Waals surface area contributed by atoms with Gasteiger partial charge in [0.15, 0.2) is 5.78 Å². The first-order chi connectivity index (χ1) is 10.5. The number of carbonyl (C=O) groups is 2. The summed E-state index contributed by atoms with van der Waals surface area (Å²) in [4.78, 5) is 27.2. The maximum absolute atomic E-state index is 12.1. The van der Waals surface area contributed by atoms with E-state index >= 15 is 0 Å². The van der Waals surface area contributed by atoms with E-state index in [1.54, 1.807) is 6.92 Å². The van der Waals surface area contributed by atoms with Crippen LogP contribution in [0.5, 0.6) is 0 Å². The van der Waals surface area contributed by atoms with Gasteiger partial charge < -0.3 is 10.2 Å². The van der Waals surface area contributed by atoms with Crippen molar-refractivity contribution >= 4 is 28.7 Å². The summed E-state index contributed by atoms with van der Waals surface area (Å²) in [5.41, 5.74) is 1.72. The summed E-state index contributed by atoms with van der Waals surface area (Å²) in [5.74, 6) is 0.00919. The molecule has 5 heteroatoms. The molecule has 0 aliphatic rings. The van der Waals surface area contributed by atoms with Gasteiger partial charge in [0.25, 0.3) is 5.91 Å². The van der Waals surface area contributed by atoms with Crippen molar-refractivity contribution in [1.29, 1.82) is 0 Å². The fourth-order valence-electron chi connectivity index (χ4n) is 2.01. The number of nitrogens with one attached hydrogen (secondary N) is 1. The lowest BCUT2D eigenvalue weighted by Crippen LogP contribution is -2.25. The molecule has 2 aromatic rings. The van der Waals surface area contributed by atoms with Crippen molar-refractivity contribution in [2.24, 2.45) is 0 Å². The Balaban J connectivity index is 1.85. The van der Waals surface area contributed by atoms with Crippen LogP contribution in [0.15, 0.2) is 36.4 Å². The van der Waals surface area contributed by atoms with E-state index in [2.05, 4.69) is 5.32 Å². The second-order valence-corrected chi connectivity index (χ2v) is 6.44. The van der Waals surface area contributed by atoms with Gasteiger partial charge in [-0.3, -0.25) is 9.59 Å². The van der Waals surface area contributed by atoms with E-state index in [0.717, 1.165) is 21.9 Å². The summed E-state index contributed by atoms with van der Waals surface area (Å²) < 4.78 is 0. The number of benzene rings is 1. The lowest BCUT2D eigenvalue weighted by Gasteiger charge is -2.12. The topological polar surface area (TPSA) is 49.4 Å². The molecule has 0 radical (unpaired) electrons. The van der Waals surface area contributed by atoms with Gasteiger partial charge >= 0.3 is 0 Å². The van der Waals surface area contributed by atoms with E-state index in [4.69, 9.17) is 0 Å². The van der Waals surface area contributed by atoms with Crippen LogP contribution in [0.3, 0.4) is 0 Å². The lowest BCUT2D eigenvalue weighted by molar-refractivity contribution is 0.0953. The molecule has 0 aliphatic heterocycles. The number of Topliss-reactive ketones (excluding diaryl/α,β-unsaturated/α-hetero) is 1. The number of rotatable bonds is 6. The molecule has 0 aliphatic carbocycles. The van der Waals surface area contributed by atoms with Gasteiger partial charge in [-0.05, 0) is 49.7 Å². The van der Waals surface area contributed by atoms with Crippen LogP contribution >= 0.6 is 11.3 Å². The smallest absolute Gasteiger partial charge is 0.251 e. The number of thiophene rings is 1. The lowest BCUT2D eigenvalue weighted by atomic mass is 10.2. The largest absolute Gasteiger partial charge is 0.378 e. The number of nitrogens with zero attached hydrogens (tertiary/aromatic N) is 1. The number of ketones is 1. The molecular weight excluding hydrogens is 296 g/mol. The van der Waals surface area contributed by atoms with Crippen molar-refractivity contribution in [2.75, 3.05) is 25.5 Å². The predicted octanol–water partition coefficient (Wildman–Crippen LogP) is 2.99. The quantitative estimate of drug-likeness (QED) is 0.834. The molecule has 0 fully saturated rings. The molecule has 1 amide bonds. The molecule has 1 aromatic carbocycles. The normalized spacial score (nSPS) is 10.3. The monoisotopic (exact) mass is 316 g/mol. The first-order valence-electron chi connectivity index (χ1n) is 7.12. The molecule has 0 saturated heterocycles. The minimum absolute atomic E-state index is 0.0753. The van der Waals surface area contributed by atoms with Gasteiger partial charge in [0.1, 0.15) is 0 Å². The van der Waals surface area contributed by atoms with Crippen molar-refractivity contribution in [1.82, 2.24) is 5.32 Å². The number of carbonyl (C=O) groups excluding carboxylic acids is 2. The van der Waals surface area contributed by atoms with Gasteiger partial charge in [-0.2, -0.15) is 0 Å². The van der Waals surface area contributed by atoms with Crippen molar-refractivity contribution in [2.45, 2.75) is 13.3 Å². The zero-order chi connectivity index (χ0) is 16.1. The standard InChI is InChI=1S/C17H20N2O2S/c1-12(20)16-9-8-15(22-16)10-11-18-17(21)13-4-6-14(7-5-13)19(2)3/h4-9H,10-11H2,1-3H3,(H,18,21). The summed E-state index contributed by atoms with van der Waals surface area (Å²) in [5, 5.41) is 2.90. The van der Waals surface area contributed by atoms with Crippen LogP contribution in [0.2, 0.25) is 0 Å². The van der Waals surface area contributed by atoms with Gasteiger partial charge in [-0.25, -0.2) is 0 Å². The molecule has 0 bridgehead atoms. The second kappa shape index (κ2) is 7.22. The van der Waals surface area contributed by atoms with E-state index in [0.29, 0.717) is 12.1 Å². The summed E-state index contributed by atoms with van der Waals surface area (Å²) >= 11 is 1.49. The van der Waals surface area contributed by atoms with Crippen LogP contribution in [0.4, 0.5) is 5.69 Å². The van der Waals surface area contributed by atoms with E-state index in [1.807, 2.05) is 55.4 Å². The van der Waals surface area contributed by atoms with Gasteiger partial charge in [0.05, 0.1) is 4.88 Å². The molecule has 1 heterocycles. The molecule has 22 heavy (non-hydrogen) atoms. The fraction of sp³-hybridized carbons (Fsp3) is 0.294. The van der Waals surface area contributed by atoms with Crippen LogP contribution in [-0.4, -0.2) is 32.3 Å². The minimum atomic E-state index is -0.0753. The molecule has 0 atom stereocenters. The molecule has 4 nitrogen and oxygen atoms in total. The Bertz CT molecular complexity index is 660. The SMILES string of the molecule is CC(=O)c1ccc(CCNC(=O)c2ccc(N(C)C)cc2)s1. The third kappa shape index (κ3) is 4.18. The summed E-state index contributed by atoms with van der Waals surface area (Å²) in [6.45, 7) is 2.13. The third-order valence-corrected chi connectivity index (χ3v) is 4.56. The van der Waals surface area contributed by atoms with Gasteiger partial charge in [0, 0.05) is 36.8 Å². The number of anilines is 1. The Kier molecular flexibility index (Phi) is 5.33. The highest BCUT2D eigenvalue weighted by Gasteiger charge is 2.07. The average Bonchev–Trinajstić information content (AvgIpc) is 2.96. The van der Waals surface area contributed by atoms with Crippen molar-refractivity contribution in [3.8, 4) is 0 Å². The molecular formula is C17H20N2O2S. The Morgan fingerprint density at radius 3 is 2.32 bits per heavy atom. The van der Waals surface area contributed by atoms with Crippen LogP contribution in [-0.2, 0) is 6.42 Å². The molecule has 0 spiro atoms. The third-order valence-electron chi connectivity index (χ3n) is 3.31. The van der Waals surface area contributed by atoms with Crippen LogP contribution < -0.4 is 10.2 Å².